The fraction of sp³-hybridized carbons (Fsp3) is 0.250. The summed E-state index contributed by atoms with van der Waals surface area (Å²) in [4.78, 5) is 31.0. The number of fused-ring (bicyclic) bond motifs is 1. The van der Waals surface area contributed by atoms with Gasteiger partial charge in [-0.3, -0.25) is 9.59 Å². The molecule has 0 saturated carbocycles. The van der Waals surface area contributed by atoms with E-state index in [4.69, 9.17) is 9.47 Å². The number of amidine groups is 1. The van der Waals surface area contributed by atoms with Gasteiger partial charge in [0.25, 0.3) is 0 Å². The van der Waals surface area contributed by atoms with Gasteiger partial charge in [-0.2, -0.15) is 0 Å². The fourth-order valence-corrected chi connectivity index (χ4v) is 3.88. The van der Waals surface area contributed by atoms with Gasteiger partial charge < -0.3 is 25.0 Å². The maximum atomic E-state index is 12.4. The summed E-state index contributed by atoms with van der Waals surface area (Å²) in [6.07, 6.45) is 0.0452. The van der Waals surface area contributed by atoms with Gasteiger partial charge in [-0.05, 0) is 36.4 Å². The Labute approximate surface area is 172 Å². The van der Waals surface area contributed by atoms with E-state index in [1.54, 1.807) is 18.2 Å². The summed E-state index contributed by atoms with van der Waals surface area (Å²) in [5.74, 6) is 0.756. The maximum Gasteiger partial charge on any atom is 0.240 e. The standard InChI is InChI=1S/C20H20N4O4S/c1-24(2)14-6-3-12(4-7-14)22-20-23-19(26)17(29-20)10-18(25)21-13-5-8-15-16(9-13)28-11-27-15/h3-9,17H,10-11H2,1-2H3,(H,21,25)(H,22,23,26). The summed E-state index contributed by atoms with van der Waals surface area (Å²) in [5.41, 5.74) is 2.40. The molecule has 0 aliphatic carbocycles. The first-order chi connectivity index (χ1) is 14.0. The van der Waals surface area contributed by atoms with Crippen molar-refractivity contribution >= 4 is 45.8 Å². The van der Waals surface area contributed by atoms with Crippen LogP contribution in [-0.2, 0) is 9.59 Å². The number of nitrogens with zero attached hydrogens (tertiary/aromatic N) is 2. The molecule has 2 N–H and O–H groups in total. The third-order valence-corrected chi connectivity index (χ3v) is 5.48. The molecule has 4 rings (SSSR count). The molecule has 0 aromatic heterocycles. The van der Waals surface area contributed by atoms with E-state index in [9.17, 15) is 9.59 Å². The molecule has 150 valence electrons. The summed E-state index contributed by atoms with van der Waals surface area (Å²) in [7, 11) is 3.93. The SMILES string of the molecule is CN(C)c1ccc(N=C2NC(=O)C(CC(=O)Nc3ccc4c(c3)OCO4)S2)cc1. The Morgan fingerprint density at radius 3 is 2.72 bits per heavy atom. The highest BCUT2D eigenvalue weighted by atomic mass is 32.2. The van der Waals surface area contributed by atoms with Crippen LogP contribution in [0, 0.1) is 0 Å². The number of rotatable bonds is 5. The molecular formula is C20H20N4O4S. The minimum absolute atomic E-state index is 0.0452. The summed E-state index contributed by atoms with van der Waals surface area (Å²) < 4.78 is 10.6. The molecule has 8 nitrogen and oxygen atoms in total. The quantitative estimate of drug-likeness (QED) is 0.785. The Morgan fingerprint density at radius 2 is 1.97 bits per heavy atom. The van der Waals surface area contributed by atoms with E-state index >= 15 is 0 Å². The van der Waals surface area contributed by atoms with E-state index in [-0.39, 0.29) is 25.0 Å². The van der Waals surface area contributed by atoms with Crippen molar-refractivity contribution < 1.29 is 19.1 Å². The molecular weight excluding hydrogens is 392 g/mol. The minimum atomic E-state index is -0.524. The number of hydrogen-bond acceptors (Lipinski definition) is 7. The monoisotopic (exact) mass is 412 g/mol. The Morgan fingerprint density at radius 1 is 1.21 bits per heavy atom. The molecule has 1 atom stereocenters. The van der Waals surface area contributed by atoms with Crippen LogP contribution in [0.4, 0.5) is 17.1 Å². The molecule has 29 heavy (non-hydrogen) atoms. The molecule has 0 spiro atoms. The van der Waals surface area contributed by atoms with Gasteiger partial charge in [0.15, 0.2) is 16.7 Å². The minimum Gasteiger partial charge on any atom is -0.454 e. The fourth-order valence-electron chi connectivity index (χ4n) is 2.89. The number of carbonyl (C=O) groups is 2. The molecule has 0 radical (unpaired) electrons. The third kappa shape index (κ3) is 4.45. The highest BCUT2D eigenvalue weighted by molar-refractivity contribution is 8.15. The lowest BCUT2D eigenvalue weighted by Gasteiger charge is -2.11. The van der Waals surface area contributed by atoms with Crippen LogP contribution in [0.25, 0.3) is 0 Å². The number of nitrogens with one attached hydrogen (secondary N) is 2. The number of benzene rings is 2. The van der Waals surface area contributed by atoms with Crippen LogP contribution in [0.2, 0.25) is 0 Å². The van der Waals surface area contributed by atoms with Crippen LogP contribution in [0.3, 0.4) is 0 Å². The highest BCUT2D eigenvalue weighted by Gasteiger charge is 2.32. The van der Waals surface area contributed by atoms with Crippen LogP contribution in [0.5, 0.6) is 11.5 Å². The first-order valence-corrected chi connectivity index (χ1v) is 9.89. The lowest BCUT2D eigenvalue weighted by Crippen LogP contribution is -2.28. The van der Waals surface area contributed by atoms with E-state index in [0.29, 0.717) is 22.4 Å². The van der Waals surface area contributed by atoms with Crippen molar-refractivity contribution in [3.63, 3.8) is 0 Å². The summed E-state index contributed by atoms with van der Waals surface area (Å²) >= 11 is 1.26. The van der Waals surface area contributed by atoms with E-state index in [1.165, 1.54) is 11.8 Å². The number of anilines is 2. The van der Waals surface area contributed by atoms with Gasteiger partial charge in [-0.25, -0.2) is 4.99 Å². The van der Waals surface area contributed by atoms with Gasteiger partial charge in [0.2, 0.25) is 18.6 Å². The smallest absolute Gasteiger partial charge is 0.240 e. The van der Waals surface area contributed by atoms with Gasteiger partial charge in [-0.15, -0.1) is 0 Å². The second-order valence-electron chi connectivity index (χ2n) is 6.74. The normalized spacial score (nSPS) is 18.6. The van der Waals surface area contributed by atoms with E-state index in [2.05, 4.69) is 15.6 Å². The Balaban J connectivity index is 1.36. The zero-order valence-electron chi connectivity index (χ0n) is 16.0. The predicted octanol–water partition coefficient (Wildman–Crippen LogP) is 2.73. The second kappa shape index (κ2) is 8.04. The van der Waals surface area contributed by atoms with E-state index < -0.39 is 5.25 Å². The topological polar surface area (TPSA) is 92.3 Å². The second-order valence-corrected chi connectivity index (χ2v) is 7.94. The number of carbonyl (C=O) groups excluding carboxylic acids is 2. The molecule has 2 amide bonds. The van der Waals surface area contributed by atoms with Crippen LogP contribution in [0.15, 0.2) is 47.5 Å². The number of thioether (sulfide) groups is 1. The lowest BCUT2D eigenvalue weighted by molar-refractivity contribution is -0.122. The summed E-state index contributed by atoms with van der Waals surface area (Å²) in [6.45, 7) is 0.172. The van der Waals surface area contributed by atoms with Gasteiger partial charge in [0.05, 0.1) is 5.69 Å². The number of hydrogen-bond donors (Lipinski definition) is 2. The number of ether oxygens (including phenoxy) is 2. The zero-order chi connectivity index (χ0) is 20.4. The number of aliphatic imine (C=N–C) groups is 1. The average molecular weight is 412 g/mol. The van der Waals surface area contributed by atoms with Gasteiger partial charge in [-0.1, -0.05) is 11.8 Å². The van der Waals surface area contributed by atoms with Crippen LogP contribution < -0.4 is 25.0 Å². The van der Waals surface area contributed by atoms with Crippen molar-refractivity contribution in [2.24, 2.45) is 4.99 Å². The van der Waals surface area contributed by atoms with Crippen molar-refractivity contribution in [1.29, 1.82) is 0 Å². The largest absolute Gasteiger partial charge is 0.454 e. The molecule has 1 saturated heterocycles. The average Bonchev–Trinajstić information content (AvgIpc) is 3.28. The van der Waals surface area contributed by atoms with Crippen molar-refractivity contribution in [2.45, 2.75) is 11.7 Å². The van der Waals surface area contributed by atoms with Gasteiger partial charge in [0, 0.05) is 38.0 Å². The summed E-state index contributed by atoms with van der Waals surface area (Å²) in [5, 5.41) is 5.50. The molecule has 0 bridgehead atoms. The predicted molar refractivity (Wildman–Crippen MR) is 113 cm³/mol. The molecule has 9 heteroatoms. The Hall–Kier alpha value is -3.20. The van der Waals surface area contributed by atoms with E-state index in [1.807, 2.05) is 43.3 Å². The number of amides is 2. The van der Waals surface area contributed by atoms with Crippen LogP contribution >= 0.6 is 11.8 Å². The van der Waals surface area contributed by atoms with Crippen molar-refractivity contribution in [3.05, 3.63) is 42.5 Å². The van der Waals surface area contributed by atoms with E-state index in [0.717, 1.165) is 11.4 Å². The Bertz CT molecular complexity index is 975. The zero-order valence-corrected chi connectivity index (χ0v) is 16.8. The summed E-state index contributed by atoms with van der Waals surface area (Å²) in [6, 6.07) is 12.9. The van der Waals surface area contributed by atoms with Gasteiger partial charge >= 0.3 is 0 Å². The molecule has 2 heterocycles. The third-order valence-electron chi connectivity index (χ3n) is 4.40. The molecule has 1 fully saturated rings. The maximum absolute atomic E-state index is 12.4. The Kier molecular flexibility index (Phi) is 5.30. The van der Waals surface area contributed by atoms with Crippen LogP contribution in [-0.4, -0.2) is 43.1 Å². The van der Waals surface area contributed by atoms with Crippen molar-refractivity contribution in [3.8, 4) is 11.5 Å². The molecule has 1 unspecified atom stereocenters. The molecule has 2 aromatic rings. The molecule has 2 aliphatic rings. The lowest BCUT2D eigenvalue weighted by atomic mass is 10.2. The van der Waals surface area contributed by atoms with Gasteiger partial charge in [0.1, 0.15) is 5.25 Å². The highest BCUT2D eigenvalue weighted by Crippen LogP contribution is 2.34. The molecule has 2 aliphatic heterocycles. The molecule has 2 aromatic carbocycles. The first kappa shape index (κ1) is 19.1. The van der Waals surface area contributed by atoms with Crippen molar-refractivity contribution in [2.75, 3.05) is 31.1 Å². The van der Waals surface area contributed by atoms with Crippen molar-refractivity contribution in [1.82, 2.24) is 5.32 Å². The van der Waals surface area contributed by atoms with Crippen LogP contribution in [0.1, 0.15) is 6.42 Å². The first-order valence-electron chi connectivity index (χ1n) is 9.01.